The van der Waals surface area contributed by atoms with Gasteiger partial charge < -0.3 is 80.1 Å². The van der Waals surface area contributed by atoms with Gasteiger partial charge in [0.25, 0.3) is 0 Å². The zero-order valence-electron chi connectivity index (χ0n) is 19.7. The molecule has 0 aromatic carbocycles. The molecule has 17 heteroatoms. The predicted octanol–water partition coefficient (Wildman–Crippen LogP) is -7.43. The Morgan fingerprint density at radius 2 is 1.32 bits per heavy atom. The van der Waals surface area contributed by atoms with Crippen LogP contribution in [0.15, 0.2) is 0 Å². The summed E-state index contributed by atoms with van der Waals surface area (Å²) >= 11 is 0. The van der Waals surface area contributed by atoms with Crippen molar-refractivity contribution >= 4 is 5.91 Å². The number of ether oxygens (including phenoxy) is 5. The van der Waals surface area contributed by atoms with E-state index in [1.807, 2.05) is 0 Å². The molecule has 17 nitrogen and oxygen atoms in total. The van der Waals surface area contributed by atoms with E-state index in [1.165, 1.54) is 0 Å². The van der Waals surface area contributed by atoms with Gasteiger partial charge in [0.05, 0.1) is 19.8 Å². The summed E-state index contributed by atoms with van der Waals surface area (Å²) in [5.41, 5.74) is 0. The smallest absolute Gasteiger partial charge is 0.217 e. The molecule has 0 aliphatic carbocycles. The van der Waals surface area contributed by atoms with Gasteiger partial charge in [-0.15, -0.1) is 0 Å². The summed E-state index contributed by atoms with van der Waals surface area (Å²) in [7, 11) is 0. The monoisotopic (exact) mass is 545 g/mol. The maximum absolute atomic E-state index is 11.5. The molecule has 37 heavy (non-hydrogen) atoms. The first-order chi connectivity index (χ1) is 17.4. The van der Waals surface area contributed by atoms with Gasteiger partial charge in [-0.25, -0.2) is 0 Å². The number of hydrogen-bond acceptors (Lipinski definition) is 16. The Bertz CT molecular complexity index is 747. The van der Waals surface area contributed by atoms with Crippen LogP contribution in [-0.2, 0) is 28.5 Å². The fourth-order valence-electron chi connectivity index (χ4n) is 4.49. The molecule has 0 radical (unpaired) electrons. The molecule has 0 aromatic heterocycles. The minimum atomic E-state index is -1.77. The molecular weight excluding hydrogens is 510 g/mol. The van der Waals surface area contributed by atoms with Crippen molar-refractivity contribution in [1.29, 1.82) is 0 Å². The van der Waals surface area contributed by atoms with E-state index in [9.17, 15) is 50.8 Å². The van der Waals surface area contributed by atoms with Gasteiger partial charge in [0, 0.05) is 6.92 Å². The summed E-state index contributed by atoms with van der Waals surface area (Å²) in [6.45, 7) is -1.31. The van der Waals surface area contributed by atoms with Crippen LogP contribution in [0.5, 0.6) is 0 Å². The average Bonchev–Trinajstić information content (AvgIpc) is 3.33. The van der Waals surface area contributed by atoms with Crippen LogP contribution in [0.2, 0.25) is 0 Å². The van der Waals surface area contributed by atoms with Gasteiger partial charge in [0.1, 0.15) is 73.2 Å². The summed E-state index contributed by atoms with van der Waals surface area (Å²) in [6, 6.07) is -1.40. The maximum atomic E-state index is 11.5. The first-order valence-electron chi connectivity index (χ1n) is 11.6. The van der Waals surface area contributed by atoms with Crippen molar-refractivity contribution in [2.24, 2.45) is 0 Å². The van der Waals surface area contributed by atoms with Crippen LogP contribution >= 0.6 is 0 Å². The van der Waals surface area contributed by atoms with E-state index < -0.39 is 118 Å². The van der Waals surface area contributed by atoms with E-state index in [2.05, 4.69) is 5.32 Å². The van der Waals surface area contributed by atoms with Gasteiger partial charge in [-0.1, -0.05) is 0 Å². The molecule has 3 saturated heterocycles. The van der Waals surface area contributed by atoms with Gasteiger partial charge in [0.15, 0.2) is 18.9 Å². The van der Waals surface area contributed by atoms with Gasteiger partial charge in [-0.2, -0.15) is 0 Å². The second kappa shape index (κ2) is 12.8. The van der Waals surface area contributed by atoms with Crippen LogP contribution in [0.1, 0.15) is 6.92 Å². The molecule has 0 aromatic rings. The third kappa shape index (κ3) is 6.38. The SMILES string of the molecule is CC(=O)N[C@H]1C(O)O[C@H](CO)[C@@H](O[C@@H]2O[C@@H]([C@H](O)CO)[C@H](O)[C@H]2O[C@@H]2O[C@@H]([C@H](O)CO)[C@H](O)[C@H]2O)[C@@H]1O. The molecule has 3 fully saturated rings. The predicted molar refractivity (Wildman–Crippen MR) is 113 cm³/mol. The molecule has 3 aliphatic heterocycles. The highest BCUT2D eigenvalue weighted by Crippen LogP contribution is 2.34. The second-order valence-electron chi connectivity index (χ2n) is 9.08. The fraction of sp³-hybridized carbons (Fsp3) is 0.950. The maximum Gasteiger partial charge on any atom is 0.217 e. The number of rotatable bonds is 10. The lowest BCUT2D eigenvalue weighted by Crippen LogP contribution is -2.65. The highest BCUT2D eigenvalue weighted by Gasteiger charge is 2.55. The van der Waals surface area contributed by atoms with Gasteiger partial charge in [-0.3, -0.25) is 4.79 Å². The molecule has 3 aliphatic rings. The first-order valence-corrected chi connectivity index (χ1v) is 11.6. The summed E-state index contributed by atoms with van der Waals surface area (Å²) in [4.78, 5) is 11.5. The zero-order chi connectivity index (χ0) is 27.6. The fourth-order valence-corrected chi connectivity index (χ4v) is 4.49. The zero-order valence-corrected chi connectivity index (χ0v) is 19.7. The number of amides is 1. The Morgan fingerprint density at radius 3 is 1.86 bits per heavy atom. The summed E-state index contributed by atoms with van der Waals surface area (Å²) < 4.78 is 27.3. The summed E-state index contributed by atoms with van der Waals surface area (Å²) in [5.74, 6) is -0.627. The Morgan fingerprint density at radius 1 is 0.784 bits per heavy atom. The summed E-state index contributed by atoms with van der Waals surface area (Å²) in [5, 5.41) is 102. The van der Waals surface area contributed by atoms with E-state index >= 15 is 0 Å². The second-order valence-corrected chi connectivity index (χ2v) is 9.08. The number of nitrogens with one attached hydrogen (secondary N) is 1. The van der Waals surface area contributed by atoms with E-state index in [0.717, 1.165) is 6.92 Å². The molecule has 3 rings (SSSR count). The minimum Gasteiger partial charge on any atom is -0.394 e. The standard InChI is InChI=1S/C20H35NO16/c1-5(25)21-9-10(28)16(8(4-24)33-18(9)32)36-20-17(13(31)15(35-20)7(27)3-23)37-19-12(30)11(29)14(34-19)6(26)2-22/h6-20,22-24,26-32H,2-4H2,1H3,(H,21,25)/t6-,7-,8-,9-,10-,11-,12-,13+,14+,15+,16-,17-,18?,19+,20+/m1/s1. The van der Waals surface area contributed by atoms with Gasteiger partial charge in [0.2, 0.25) is 5.91 Å². The number of aliphatic hydroxyl groups is 10. The van der Waals surface area contributed by atoms with E-state index in [-0.39, 0.29) is 0 Å². The van der Waals surface area contributed by atoms with Crippen molar-refractivity contribution < 1.29 is 79.5 Å². The minimum absolute atomic E-state index is 0.627. The quantitative estimate of drug-likeness (QED) is 0.122. The van der Waals surface area contributed by atoms with Crippen LogP contribution < -0.4 is 5.32 Å². The highest BCUT2D eigenvalue weighted by atomic mass is 16.8. The molecule has 216 valence electrons. The molecule has 0 saturated carbocycles. The Labute approximate surface area is 210 Å². The van der Waals surface area contributed by atoms with E-state index in [4.69, 9.17) is 28.8 Å². The summed E-state index contributed by atoms with van der Waals surface area (Å²) in [6.07, 6.45) is -22.7. The van der Waals surface area contributed by atoms with Crippen LogP contribution in [-0.4, -0.2) is 169 Å². The van der Waals surface area contributed by atoms with Crippen LogP contribution in [0.25, 0.3) is 0 Å². The number of carbonyl (C=O) groups is 1. The van der Waals surface area contributed by atoms with Crippen molar-refractivity contribution in [3.05, 3.63) is 0 Å². The van der Waals surface area contributed by atoms with Crippen LogP contribution in [0.4, 0.5) is 0 Å². The normalized spacial score (nSPS) is 46.1. The van der Waals surface area contributed by atoms with Crippen molar-refractivity contribution in [2.75, 3.05) is 19.8 Å². The van der Waals surface area contributed by atoms with E-state index in [1.54, 1.807) is 0 Å². The van der Waals surface area contributed by atoms with Crippen LogP contribution in [0, 0.1) is 0 Å². The Kier molecular flexibility index (Phi) is 10.5. The highest BCUT2D eigenvalue weighted by molar-refractivity contribution is 5.73. The molecule has 0 bridgehead atoms. The van der Waals surface area contributed by atoms with Crippen molar-refractivity contribution in [1.82, 2.24) is 5.32 Å². The molecule has 0 spiro atoms. The molecule has 15 atom stereocenters. The van der Waals surface area contributed by atoms with Crippen molar-refractivity contribution in [3.8, 4) is 0 Å². The molecule has 3 heterocycles. The largest absolute Gasteiger partial charge is 0.394 e. The lowest BCUT2D eigenvalue weighted by atomic mass is 9.96. The third-order valence-corrected chi connectivity index (χ3v) is 6.45. The van der Waals surface area contributed by atoms with Crippen LogP contribution in [0.3, 0.4) is 0 Å². The number of aliphatic hydroxyl groups excluding tert-OH is 10. The van der Waals surface area contributed by atoms with Gasteiger partial charge in [-0.05, 0) is 0 Å². The molecule has 1 amide bonds. The number of hydrogen-bond donors (Lipinski definition) is 11. The number of carbonyl (C=O) groups excluding carboxylic acids is 1. The lowest BCUT2D eigenvalue weighted by molar-refractivity contribution is -0.311. The lowest BCUT2D eigenvalue weighted by Gasteiger charge is -2.43. The Hall–Kier alpha value is -1.13. The molecular formula is C20H35NO16. The van der Waals surface area contributed by atoms with Crippen molar-refractivity contribution in [3.63, 3.8) is 0 Å². The molecule has 11 N–H and O–H groups in total. The van der Waals surface area contributed by atoms with E-state index in [0.29, 0.717) is 0 Å². The van der Waals surface area contributed by atoms with Crippen molar-refractivity contribution in [2.45, 2.75) is 99.0 Å². The molecule has 1 unspecified atom stereocenters. The Balaban J connectivity index is 1.83. The third-order valence-electron chi connectivity index (χ3n) is 6.45. The topological polar surface area (TPSA) is 278 Å². The average molecular weight is 545 g/mol. The first kappa shape index (κ1) is 30.4. The van der Waals surface area contributed by atoms with Gasteiger partial charge >= 0.3 is 0 Å².